The second kappa shape index (κ2) is 5.57. The topological polar surface area (TPSA) is 52.3 Å². The molecule has 2 aromatic rings. The minimum atomic E-state index is -0.327. The van der Waals surface area contributed by atoms with Gasteiger partial charge in [0.05, 0.1) is 5.92 Å². The normalized spacial score (nSPS) is 11.9. The first-order chi connectivity index (χ1) is 9.06. The fourth-order valence-electron chi connectivity index (χ4n) is 1.73. The van der Waals surface area contributed by atoms with Gasteiger partial charge in [-0.2, -0.15) is 0 Å². The van der Waals surface area contributed by atoms with Crippen LogP contribution >= 0.6 is 0 Å². The minimum Gasteiger partial charge on any atom is -0.457 e. The van der Waals surface area contributed by atoms with Crippen molar-refractivity contribution in [2.24, 2.45) is 5.73 Å². The molecule has 0 bridgehead atoms. The van der Waals surface area contributed by atoms with Gasteiger partial charge in [0.2, 0.25) is 5.91 Å². The summed E-state index contributed by atoms with van der Waals surface area (Å²) in [6, 6.07) is 15.3. The highest BCUT2D eigenvalue weighted by atomic mass is 16.5. The molecule has 0 fully saturated rings. The van der Waals surface area contributed by atoms with Gasteiger partial charge in [-0.25, -0.2) is 0 Å². The second-order valence-electron chi connectivity index (χ2n) is 4.61. The lowest BCUT2D eigenvalue weighted by molar-refractivity contribution is -0.119. The molecule has 0 aliphatic heterocycles. The Morgan fingerprint density at radius 3 is 1.95 bits per heavy atom. The standard InChI is InChI=1S/C16H17NO2/c1-11-3-7-14(8-4-11)19-15-9-5-13(6-10-15)12(2)16(17)18/h3-10,12H,1-2H3,(H2,17,18). The van der Waals surface area contributed by atoms with Crippen LogP contribution in [0.4, 0.5) is 0 Å². The Labute approximate surface area is 113 Å². The van der Waals surface area contributed by atoms with Crippen LogP contribution in [0.15, 0.2) is 48.5 Å². The molecule has 1 unspecified atom stereocenters. The molecule has 1 atom stereocenters. The van der Waals surface area contributed by atoms with Gasteiger partial charge >= 0.3 is 0 Å². The molecule has 0 aromatic heterocycles. The van der Waals surface area contributed by atoms with Crippen molar-refractivity contribution < 1.29 is 9.53 Å². The van der Waals surface area contributed by atoms with Crippen molar-refractivity contribution in [1.82, 2.24) is 0 Å². The molecule has 0 saturated carbocycles. The number of benzene rings is 2. The van der Waals surface area contributed by atoms with Gasteiger partial charge in [0.15, 0.2) is 0 Å². The number of ether oxygens (including phenoxy) is 1. The molecule has 2 rings (SSSR count). The molecule has 2 N–H and O–H groups in total. The lowest BCUT2D eigenvalue weighted by Crippen LogP contribution is -2.18. The third-order valence-electron chi connectivity index (χ3n) is 3.06. The van der Waals surface area contributed by atoms with Crippen LogP contribution in [0.2, 0.25) is 0 Å². The van der Waals surface area contributed by atoms with E-state index in [0.717, 1.165) is 17.1 Å². The number of amides is 1. The number of carbonyl (C=O) groups is 1. The SMILES string of the molecule is Cc1ccc(Oc2ccc(C(C)C(N)=O)cc2)cc1. The number of hydrogen-bond acceptors (Lipinski definition) is 2. The largest absolute Gasteiger partial charge is 0.457 e. The molecular formula is C16H17NO2. The van der Waals surface area contributed by atoms with Gasteiger partial charge in [-0.15, -0.1) is 0 Å². The first kappa shape index (κ1) is 13.1. The van der Waals surface area contributed by atoms with Gasteiger partial charge in [-0.1, -0.05) is 29.8 Å². The van der Waals surface area contributed by atoms with E-state index in [2.05, 4.69) is 0 Å². The number of aryl methyl sites for hydroxylation is 1. The molecule has 0 spiro atoms. The number of primary amides is 1. The summed E-state index contributed by atoms with van der Waals surface area (Å²) in [7, 11) is 0. The lowest BCUT2D eigenvalue weighted by atomic mass is 10.0. The van der Waals surface area contributed by atoms with Crippen LogP contribution in [0.25, 0.3) is 0 Å². The molecule has 0 aliphatic carbocycles. The van der Waals surface area contributed by atoms with Crippen molar-refractivity contribution >= 4 is 5.91 Å². The Morgan fingerprint density at radius 2 is 1.47 bits per heavy atom. The van der Waals surface area contributed by atoms with E-state index >= 15 is 0 Å². The highest BCUT2D eigenvalue weighted by Gasteiger charge is 2.11. The van der Waals surface area contributed by atoms with E-state index < -0.39 is 0 Å². The molecule has 3 nitrogen and oxygen atoms in total. The Morgan fingerprint density at radius 1 is 1.00 bits per heavy atom. The zero-order chi connectivity index (χ0) is 13.8. The van der Waals surface area contributed by atoms with Crippen LogP contribution < -0.4 is 10.5 Å². The molecule has 0 aliphatic rings. The first-order valence-corrected chi connectivity index (χ1v) is 6.20. The predicted molar refractivity (Wildman–Crippen MR) is 75.3 cm³/mol. The van der Waals surface area contributed by atoms with Crippen molar-refractivity contribution in [2.45, 2.75) is 19.8 Å². The Hall–Kier alpha value is -2.29. The highest BCUT2D eigenvalue weighted by Crippen LogP contribution is 2.24. The van der Waals surface area contributed by atoms with Gasteiger partial charge in [0.25, 0.3) is 0 Å². The number of carbonyl (C=O) groups excluding carboxylic acids is 1. The van der Waals surface area contributed by atoms with Crippen molar-refractivity contribution in [3.8, 4) is 11.5 Å². The molecule has 0 radical (unpaired) electrons. The van der Waals surface area contributed by atoms with Gasteiger partial charge in [0.1, 0.15) is 11.5 Å². The van der Waals surface area contributed by atoms with E-state index in [4.69, 9.17) is 10.5 Å². The summed E-state index contributed by atoms with van der Waals surface area (Å²) in [5.41, 5.74) is 7.36. The van der Waals surface area contributed by atoms with Gasteiger partial charge < -0.3 is 10.5 Å². The van der Waals surface area contributed by atoms with Crippen LogP contribution in [0.5, 0.6) is 11.5 Å². The van der Waals surface area contributed by atoms with E-state index in [1.807, 2.05) is 55.5 Å². The molecule has 3 heteroatoms. The maximum Gasteiger partial charge on any atom is 0.224 e. The molecular weight excluding hydrogens is 238 g/mol. The predicted octanol–water partition coefficient (Wildman–Crippen LogP) is 3.38. The smallest absolute Gasteiger partial charge is 0.224 e. The van der Waals surface area contributed by atoms with E-state index in [1.54, 1.807) is 6.92 Å². The first-order valence-electron chi connectivity index (χ1n) is 6.20. The van der Waals surface area contributed by atoms with E-state index in [9.17, 15) is 4.79 Å². The number of hydrogen-bond donors (Lipinski definition) is 1. The summed E-state index contributed by atoms with van der Waals surface area (Å²) in [5, 5.41) is 0. The van der Waals surface area contributed by atoms with Crippen LogP contribution in [0.3, 0.4) is 0 Å². The fraction of sp³-hybridized carbons (Fsp3) is 0.188. The molecule has 0 saturated heterocycles. The summed E-state index contributed by atoms with van der Waals surface area (Å²) in [5.74, 6) is 0.922. The van der Waals surface area contributed by atoms with Crippen LogP contribution in [-0.4, -0.2) is 5.91 Å². The van der Waals surface area contributed by atoms with Crippen molar-refractivity contribution in [1.29, 1.82) is 0 Å². The molecule has 0 heterocycles. The third kappa shape index (κ3) is 3.35. The summed E-state index contributed by atoms with van der Waals surface area (Å²) in [4.78, 5) is 11.1. The Bertz CT molecular complexity index is 558. The zero-order valence-corrected chi connectivity index (χ0v) is 11.1. The molecule has 1 amide bonds. The maximum absolute atomic E-state index is 11.1. The summed E-state index contributed by atoms with van der Waals surface area (Å²) >= 11 is 0. The monoisotopic (exact) mass is 255 g/mol. The second-order valence-corrected chi connectivity index (χ2v) is 4.61. The van der Waals surface area contributed by atoms with Crippen molar-refractivity contribution in [3.63, 3.8) is 0 Å². The molecule has 98 valence electrons. The average molecular weight is 255 g/mol. The molecule has 19 heavy (non-hydrogen) atoms. The van der Waals surface area contributed by atoms with Crippen LogP contribution in [-0.2, 0) is 4.79 Å². The van der Waals surface area contributed by atoms with E-state index in [0.29, 0.717) is 0 Å². The van der Waals surface area contributed by atoms with Gasteiger partial charge in [0, 0.05) is 0 Å². The fourth-order valence-corrected chi connectivity index (χ4v) is 1.73. The summed E-state index contributed by atoms with van der Waals surface area (Å²) in [6.45, 7) is 3.82. The highest BCUT2D eigenvalue weighted by molar-refractivity contribution is 5.81. The van der Waals surface area contributed by atoms with Crippen molar-refractivity contribution in [3.05, 3.63) is 59.7 Å². The zero-order valence-electron chi connectivity index (χ0n) is 11.1. The Kier molecular flexibility index (Phi) is 3.85. The van der Waals surface area contributed by atoms with Crippen LogP contribution in [0, 0.1) is 6.92 Å². The summed E-state index contributed by atoms with van der Waals surface area (Å²) < 4.78 is 5.71. The molecule has 2 aromatic carbocycles. The Balaban J connectivity index is 2.10. The van der Waals surface area contributed by atoms with Crippen LogP contribution in [0.1, 0.15) is 24.0 Å². The maximum atomic E-state index is 11.1. The summed E-state index contributed by atoms with van der Waals surface area (Å²) in [6.07, 6.45) is 0. The lowest BCUT2D eigenvalue weighted by Gasteiger charge is -2.09. The number of rotatable bonds is 4. The quantitative estimate of drug-likeness (QED) is 0.910. The minimum absolute atomic E-state index is 0.284. The third-order valence-corrected chi connectivity index (χ3v) is 3.06. The van der Waals surface area contributed by atoms with Gasteiger partial charge in [-0.05, 0) is 43.7 Å². The number of nitrogens with two attached hydrogens (primary N) is 1. The average Bonchev–Trinajstić information content (AvgIpc) is 2.41. The van der Waals surface area contributed by atoms with Gasteiger partial charge in [-0.3, -0.25) is 4.79 Å². The van der Waals surface area contributed by atoms with Crippen molar-refractivity contribution in [2.75, 3.05) is 0 Å². The van der Waals surface area contributed by atoms with E-state index in [1.165, 1.54) is 5.56 Å². The van der Waals surface area contributed by atoms with E-state index in [-0.39, 0.29) is 11.8 Å².